The summed E-state index contributed by atoms with van der Waals surface area (Å²) in [5.74, 6) is -0.274. The molecule has 13 nitrogen and oxygen atoms in total. The first-order chi connectivity index (χ1) is 30.4. The number of carbonyl (C=O) groups excluding carboxylic acids is 2. The Morgan fingerprint density at radius 3 is 1.85 bits per heavy atom. The van der Waals surface area contributed by atoms with Crippen LogP contribution in [0.4, 0.5) is 0 Å². The molecule has 6 N–H and O–H groups in total. The van der Waals surface area contributed by atoms with Gasteiger partial charge in [0, 0.05) is 52.5 Å². The molecule has 10 rings (SSSR count). The molecule has 8 aliphatic rings. The Kier molecular flexibility index (Phi) is 9.96. The van der Waals surface area contributed by atoms with Crippen LogP contribution >= 0.6 is 0 Å². The van der Waals surface area contributed by atoms with Crippen molar-refractivity contribution in [3.05, 3.63) is 45.5 Å². The molecule has 12 atom stereocenters. The zero-order valence-electron chi connectivity index (χ0n) is 39.5. The predicted octanol–water partition coefficient (Wildman–Crippen LogP) is 7.12. The number of carboxylic acids is 1. The molecule has 4 saturated carbocycles. The van der Waals surface area contributed by atoms with E-state index in [4.69, 9.17) is 9.47 Å². The van der Waals surface area contributed by atoms with Gasteiger partial charge in [-0.25, -0.2) is 4.79 Å². The smallest absolute Gasteiger partial charge is 0.326 e. The van der Waals surface area contributed by atoms with Gasteiger partial charge in [0.15, 0.2) is 0 Å². The lowest BCUT2D eigenvalue weighted by atomic mass is 9.43. The van der Waals surface area contributed by atoms with Crippen molar-refractivity contribution in [2.75, 3.05) is 6.54 Å². The number of hydrogen-bond donors (Lipinski definition) is 6. The van der Waals surface area contributed by atoms with Crippen LogP contribution < -0.4 is 9.47 Å². The summed E-state index contributed by atoms with van der Waals surface area (Å²) in [5.41, 5.74) is 0.244. The summed E-state index contributed by atoms with van der Waals surface area (Å²) in [5, 5.41) is 67.0. The van der Waals surface area contributed by atoms with Crippen LogP contribution in [0.2, 0.25) is 0 Å². The highest BCUT2D eigenvalue weighted by Crippen LogP contribution is 2.69. The number of aromatic hydroxyl groups is 2. The molecule has 0 bridgehead atoms. The third-order valence-electron chi connectivity index (χ3n) is 20.1. The average molecular weight is 899 g/mol. The number of phenolic OH excluding ortho intramolecular Hbond substituents is 2. The van der Waals surface area contributed by atoms with Crippen LogP contribution in [0.25, 0.3) is 0 Å². The van der Waals surface area contributed by atoms with Crippen molar-refractivity contribution < 1.29 is 54.5 Å². The standard InChI is InChI=1S/C52H70N2O11/c1-26-12-14-38-47(3,4)40(58)16-17-49(38,7)51(26)21-30-36(56)20-29-33(42(30)64-51)25-54(45(29)61)34(46(62)63)11-9-10-18-53-24-32-28(44(53)60)19-35(55)31-22-52(65-41(31)32)27(2)13-15-39-48(5,6)43(59)37(57)23-50(39,52)8/h19-20,26-27,34,37-40,43,55-59H,9-18,21-25H2,1-8H3,(H,62,63)/t26-,27-,34+,37-,38?,39?,40-,43-,49+,50+,51?,52?/m1/s1. The lowest BCUT2D eigenvalue weighted by molar-refractivity contribution is -0.240. The second kappa shape index (κ2) is 14.5. The quantitative estimate of drug-likeness (QED) is 0.155. The van der Waals surface area contributed by atoms with Crippen LogP contribution in [-0.2, 0) is 30.7 Å². The average Bonchev–Trinajstić information content (AvgIpc) is 4.01. The summed E-state index contributed by atoms with van der Waals surface area (Å²) in [6.45, 7) is 17.8. The monoisotopic (exact) mass is 898 g/mol. The minimum absolute atomic E-state index is 0.00949. The number of benzene rings is 2. The number of aliphatic hydroxyl groups is 3. The first kappa shape index (κ1) is 44.7. The molecule has 65 heavy (non-hydrogen) atoms. The number of amides is 2. The van der Waals surface area contributed by atoms with E-state index in [1.807, 2.05) is 13.8 Å². The molecule has 0 radical (unpaired) electrons. The number of phenols is 2. The number of aliphatic hydroxyl groups excluding tert-OH is 3. The number of carbonyl (C=O) groups is 3. The molecule has 0 aromatic heterocycles. The van der Waals surface area contributed by atoms with E-state index >= 15 is 0 Å². The van der Waals surface area contributed by atoms with Crippen LogP contribution in [0.3, 0.4) is 0 Å². The largest absolute Gasteiger partial charge is 0.508 e. The Morgan fingerprint density at radius 2 is 1.26 bits per heavy atom. The van der Waals surface area contributed by atoms with E-state index in [-0.39, 0.29) is 77.0 Å². The van der Waals surface area contributed by atoms with Gasteiger partial charge in [0.1, 0.15) is 40.2 Å². The number of fused-ring (bicyclic) bond motifs is 10. The molecule has 0 saturated heterocycles. The highest BCUT2D eigenvalue weighted by Gasteiger charge is 2.70. The van der Waals surface area contributed by atoms with Crippen molar-refractivity contribution in [3.8, 4) is 23.0 Å². The lowest BCUT2D eigenvalue weighted by Crippen LogP contribution is -2.69. The van der Waals surface area contributed by atoms with Gasteiger partial charge in [0.2, 0.25) is 0 Å². The van der Waals surface area contributed by atoms with Gasteiger partial charge >= 0.3 is 5.97 Å². The van der Waals surface area contributed by atoms with Crippen LogP contribution in [0, 0.1) is 45.3 Å². The normalized spacial score (nSPS) is 38.7. The predicted molar refractivity (Wildman–Crippen MR) is 240 cm³/mol. The maximum absolute atomic E-state index is 14.1. The van der Waals surface area contributed by atoms with E-state index in [1.165, 1.54) is 11.0 Å². The van der Waals surface area contributed by atoms with E-state index < -0.39 is 58.3 Å². The molecular formula is C52H70N2O11. The van der Waals surface area contributed by atoms with Gasteiger partial charge < -0.3 is 49.9 Å². The van der Waals surface area contributed by atoms with E-state index in [0.717, 1.165) is 37.7 Å². The van der Waals surface area contributed by atoms with Crippen molar-refractivity contribution >= 4 is 17.8 Å². The lowest BCUT2D eigenvalue weighted by Gasteiger charge is -2.64. The number of nitrogens with zero attached hydrogens (tertiary/aromatic N) is 2. The summed E-state index contributed by atoms with van der Waals surface area (Å²) in [6, 6.07) is 1.91. The van der Waals surface area contributed by atoms with E-state index in [0.29, 0.717) is 78.8 Å². The van der Waals surface area contributed by atoms with Gasteiger partial charge in [-0.2, -0.15) is 0 Å². The fourth-order valence-electron chi connectivity index (χ4n) is 16.2. The second-order valence-electron chi connectivity index (χ2n) is 23.6. The van der Waals surface area contributed by atoms with Gasteiger partial charge in [-0.1, -0.05) is 55.4 Å². The fraction of sp³-hybridized carbons (Fsp3) is 0.712. The second-order valence-corrected chi connectivity index (χ2v) is 23.6. The Bertz CT molecular complexity index is 2380. The fourth-order valence-corrected chi connectivity index (χ4v) is 16.2. The van der Waals surface area contributed by atoms with Gasteiger partial charge in [0.25, 0.3) is 11.8 Å². The summed E-state index contributed by atoms with van der Waals surface area (Å²) in [4.78, 5) is 44.1. The number of aliphatic carboxylic acids is 1. The van der Waals surface area contributed by atoms with Crippen molar-refractivity contribution in [3.63, 3.8) is 0 Å². The maximum atomic E-state index is 14.1. The van der Waals surface area contributed by atoms with Crippen molar-refractivity contribution in [2.45, 2.75) is 181 Å². The zero-order chi connectivity index (χ0) is 46.7. The summed E-state index contributed by atoms with van der Waals surface area (Å²) in [6.07, 6.45) is 5.21. The molecule has 354 valence electrons. The van der Waals surface area contributed by atoms with Crippen molar-refractivity contribution in [1.82, 2.24) is 9.80 Å². The number of rotatable bonds is 7. The van der Waals surface area contributed by atoms with E-state index in [9.17, 15) is 45.0 Å². The van der Waals surface area contributed by atoms with Crippen LogP contribution in [0.1, 0.15) is 163 Å². The molecule has 4 fully saturated rings. The third-order valence-corrected chi connectivity index (χ3v) is 20.1. The first-order valence-electron chi connectivity index (χ1n) is 24.5. The van der Waals surface area contributed by atoms with E-state index in [1.54, 1.807) is 11.0 Å². The summed E-state index contributed by atoms with van der Waals surface area (Å²) < 4.78 is 14.3. The molecule has 13 heteroatoms. The topological polar surface area (TPSA) is 198 Å². The molecule has 4 aliphatic heterocycles. The first-order valence-corrected chi connectivity index (χ1v) is 24.5. The molecule has 4 heterocycles. The zero-order valence-corrected chi connectivity index (χ0v) is 39.5. The molecule has 2 aromatic carbocycles. The Balaban J connectivity index is 0.833. The van der Waals surface area contributed by atoms with Gasteiger partial charge in [0.05, 0.1) is 42.5 Å². The van der Waals surface area contributed by atoms with Crippen molar-refractivity contribution in [1.29, 1.82) is 0 Å². The Morgan fingerprint density at radius 1 is 0.723 bits per heavy atom. The molecule has 2 aromatic rings. The number of ether oxygens (including phenoxy) is 2. The number of carboxylic acid groups (broad SMARTS) is 1. The summed E-state index contributed by atoms with van der Waals surface area (Å²) >= 11 is 0. The molecular weight excluding hydrogens is 829 g/mol. The third kappa shape index (κ3) is 5.82. The number of hydrogen-bond acceptors (Lipinski definition) is 10. The minimum Gasteiger partial charge on any atom is -0.508 e. The van der Waals surface area contributed by atoms with Crippen LogP contribution in [-0.4, -0.2) is 100 Å². The minimum atomic E-state index is -1.14. The van der Waals surface area contributed by atoms with Crippen LogP contribution in [0.15, 0.2) is 12.1 Å². The van der Waals surface area contributed by atoms with Gasteiger partial charge in [-0.3, -0.25) is 9.59 Å². The molecule has 4 unspecified atom stereocenters. The van der Waals surface area contributed by atoms with E-state index in [2.05, 4.69) is 41.5 Å². The maximum Gasteiger partial charge on any atom is 0.326 e. The van der Waals surface area contributed by atoms with Crippen molar-refractivity contribution in [2.24, 2.45) is 45.3 Å². The number of unbranched alkanes of at least 4 members (excludes halogenated alkanes) is 1. The molecule has 2 amide bonds. The molecule has 4 aliphatic carbocycles. The SMILES string of the molecule is C[C@@H]1CCC2C(C)(C)[C@H](O)CC[C@]2(C)C12Cc1c(O)cc3c(c1O2)CN([C@@H](CCCCN1Cc2c(cc(O)c4c2OC2(C4)[C@H](C)CCC4C(C)(C)[C@H](O)[C@H](O)C[C@@]42C)C1=O)C(=O)O)C3=O. The van der Waals surface area contributed by atoms with Gasteiger partial charge in [-0.05, 0) is 111 Å². The highest BCUT2D eigenvalue weighted by molar-refractivity contribution is 6.02. The summed E-state index contributed by atoms with van der Waals surface area (Å²) in [7, 11) is 0. The highest BCUT2D eigenvalue weighted by atomic mass is 16.5. The van der Waals surface area contributed by atoms with Crippen LogP contribution in [0.5, 0.6) is 23.0 Å². The Hall–Kier alpha value is -4.07. The van der Waals surface area contributed by atoms with Gasteiger partial charge in [-0.15, -0.1) is 0 Å². The Labute approximate surface area is 382 Å². The molecule has 2 spiro atoms.